The van der Waals surface area contributed by atoms with Crippen LogP contribution in [-0.4, -0.2) is 40.9 Å². The van der Waals surface area contributed by atoms with Gasteiger partial charge in [0.2, 0.25) is 5.91 Å². The Bertz CT molecular complexity index is 1710. The zero-order valence-corrected chi connectivity index (χ0v) is 19.8. The summed E-state index contributed by atoms with van der Waals surface area (Å²) in [6.07, 6.45) is 1.81. The van der Waals surface area contributed by atoms with Gasteiger partial charge in [0.05, 0.1) is 11.4 Å². The molecule has 0 spiro atoms. The van der Waals surface area contributed by atoms with Gasteiger partial charge in [-0.3, -0.25) is 9.59 Å². The van der Waals surface area contributed by atoms with Crippen LogP contribution in [0.2, 0.25) is 0 Å². The normalized spacial score (nSPS) is 11.1. The van der Waals surface area contributed by atoms with Crippen LogP contribution in [0, 0.1) is 13.8 Å². The zero-order valence-electron chi connectivity index (χ0n) is 19.8. The summed E-state index contributed by atoms with van der Waals surface area (Å²) < 4.78 is 4.46. The van der Waals surface area contributed by atoms with E-state index in [4.69, 9.17) is 5.73 Å². The van der Waals surface area contributed by atoms with Gasteiger partial charge in [-0.1, -0.05) is 6.07 Å². The molecule has 2 aromatic carbocycles. The number of hydrogen-bond acceptors (Lipinski definition) is 6. The summed E-state index contributed by atoms with van der Waals surface area (Å²) in [6.45, 7) is 3.56. The average Bonchev–Trinajstić information content (AvgIpc) is 3.38. The topological polar surface area (TPSA) is 143 Å². The standard InChI is InChI=1S/C25H22N8O3/c1-14-11-17-13-32(19-7-9-20(10-8-19)33-15(2)29-31(3)25(33)36)30-21(17)22(27-14)24(35)28-18-6-4-5-16(12-18)23(26)34/h4-13H,1-3H3,(H2,26,34)(H,28,35). The van der Waals surface area contributed by atoms with Crippen LogP contribution in [0.5, 0.6) is 0 Å². The molecular formula is C25H22N8O3. The van der Waals surface area contributed by atoms with Crippen molar-refractivity contribution < 1.29 is 9.59 Å². The van der Waals surface area contributed by atoms with E-state index in [1.54, 1.807) is 55.9 Å². The van der Waals surface area contributed by atoms with Crippen molar-refractivity contribution in [2.45, 2.75) is 13.8 Å². The summed E-state index contributed by atoms with van der Waals surface area (Å²) in [6, 6.07) is 15.5. The van der Waals surface area contributed by atoms with Gasteiger partial charge in [0.15, 0.2) is 5.69 Å². The molecule has 3 N–H and O–H groups in total. The minimum absolute atomic E-state index is 0.155. The van der Waals surface area contributed by atoms with Crippen molar-refractivity contribution in [3.05, 3.63) is 94.1 Å². The molecular weight excluding hydrogens is 460 g/mol. The highest BCUT2D eigenvalue weighted by Gasteiger charge is 2.18. The van der Waals surface area contributed by atoms with Crippen LogP contribution in [0.3, 0.4) is 0 Å². The SMILES string of the molecule is Cc1cc2cn(-c3ccc(-n4c(C)nn(C)c4=O)cc3)nc2c(C(=O)Nc2cccc(C(N)=O)c2)n1. The minimum Gasteiger partial charge on any atom is -0.366 e. The fourth-order valence-electron chi connectivity index (χ4n) is 4.03. The fourth-order valence-corrected chi connectivity index (χ4v) is 4.03. The van der Waals surface area contributed by atoms with E-state index < -0.39 is 11.8 Å². The second-order valence-corrected chi connectivity index (χ2v) is 8.33. The van der Waals surface area contributed by atoms with Gasteiger partial charge in [0, 0.05) is 35.6 Å². The molecule has 11 nitrogen and oxygen atoms in total. The van der Waals surface area contributed by atoms with Crippen LogP contribution in [-0.2, 0) is 7.05 Å². The van der Waals surface area contributed by atoms with Gasteiger partial charge >= 0.3 is 5.69 Å². The summed E-state index contributed by atoms with van der Waals surface area (Å²) >= 11 is 0. The monoisotopic (exact) mass is 482 g/mol. The molecule has 0 aliphatic heterocycles. The first-order valence-electron chi connectivity index (χ1n) is 11.0. The van der Waals surface area contributed by atoms with Gasteiger partial charge in [-0.2, -0.15) is 10.2 Å². The Morgan fingerprint density at radius 2 is 1.69 bits per heavy atom. The lowest BCUT2D eigenvalue weighted by molar-refractivity contribution is 0.0995. The third-order valence-corrected chi connectivity index (χ3v) is 5.70. The van der Waals surface area contributed by atoms with Gasteiger partial charge in [0.1, 0.15) is 11.3 Å². The van der Waals surface area contributed by atoms with Crippen molar-refractivity contribution in [2.24, 2.45) is 12.8 Å². The van der Waals surface area contributed by atoms with Crippen molar-refractivity contribution in [1.82, 2.24) is 29.1 Å². The number of anilines is 1. The second kappa shape index (κ2) is 8.62. The highest BCUT2D eigenvalue weighted by Crippen LogP contribution is 2.22. The van der Waals surface area contributed by atoms with E-state index in [1.807, 2.05) is 24.4 Å². The number of aryl methyl sites for hydroxylation is 3. The Kier molecular flexibility index (Phi) is 5.44. The number of benzene rings is 2. The number of amides is 2. The van der Waals surface area contributed by atoms with E-state index in [-0.39, 0.29) is 16.9 Å². The Morgan fingerprint density at radius 3 is 2.36 bits per heavy atom. The van der Waals surface area contributed by atoms with E-state index in [0.717, 1.165) is 11.1 Å². The molecule has 0 atom stereocenters. The lowest BCUT2D eigenvalue weighted by atomic mass is 10.2. The van der Waals surface area contributed by atoms with Crippen LogP contribution in [0.25, 0.3) is 22.3 Å². The first-order valence-corrected chi connectivity index (χ1v) is 11.0. The predicted octanol–water partition coefficient (Wildman–Crippen LogP) is 2.27. The van der Waals surface area contributed by atoms with Gasteiger partial charge in [0.25, 0.3) is 5.91 Å². The largest absolute Gasteiger partial charge is 0.366 e. The third-order valence-electron chi connectivity index (χ3n) is 5.70. The van der Waals surface area contributed by atoms with E-state index in [9.17, 15) is 14.4 Å². The number of primary amides is 1. The number of nitrogens with two attached hydrogens (primary N) is 1. The van der Waals surface area contributed by atoms with Crippen LogP contribution < -0.4 is 16.7 Å². The number of carbonyl (C=O) groups excluding carboxylic acids is 2. The van der Waals surface area contributed by atoms with Gasteiger partial charge in [-0.05, 0) is 62.4 Å². The van der Waals surface area contributed by atoms with Gasteiger partial charge in [-0.25, -0.2) is 23.7 Å². The van der Waals surface area contributed by atoms with Crippen LogP contribution in [0.4, 0.5) is 5.69 Å². The second-order valence-electron chi connectivity index (χ2n) is 8.33. The molecule has 11 heteroatoms. The molecule has 3 heterocycles. The third kappa shape index (κ3) is 4.02. The Morgan fingerprint density at radius 1 is 0.972 bits per heavy atom. The molecule has 0 bridgehead atoms. The Labute approximate surface area is 204 Å². The summed E-state index contributed by atoms with van der Waals surface area (Å²) in [5.74, 6) is -0.466. The molecule has 2 amide bonds. The summed E-state index contributed by atoms with van der Waals surface area (Å²) in [4.78, 5) is 41.3. The number of rotatable bonds is 5. The molecule has 0 fully saturated rings. The molecule has 36 heavy (non-hydrogen) atoms. The molecule has 0 unspecified atom stereocenters. The van der Waals surface area contributed by atoms with Crippen molar-refractivity contribution in [2.75, 3.05) is 5.32 Å². The summed E-state index contributed by atoms with van der Waals surface area (Å²) in [5, 5.41) is 12.3. The summed E-state index contributed by atoms with van der Waals surface area (Å²) in [5.41, 5.74) is 8.46. The molecule has 180 valence electrons. The summed E-state index contributed by atoms with van der Waals surface area (Å²) in [7, 11) is 1.60. The maximum atomic E-state index is 13.1. The van der Waals surface area contributed by atoms with E-state index >= 15 is 0 Å². The molecule has 3 aromatic heterocycles. The number of nitrogens with zero attached hydrogens (tertiary/aromatic N) is 6. The van der Waals surface area contributed by atoms with Crippen molar-refractivity contribution in [1.29, 1.82) is 0 Å². The van der Waals surface area contributed by atoms with Crippen molar-refractivity contribution in [3.63, 3.8) is 0 Å². The number of pyridine rings is 1. The highest BCUT2D eigenvalue weighted by atomic mass is 16.2. The lowest BCUT2D eigenvalue weighted by Crippen LogP contribution is -2.21. The first-order chi connectivity index (χ1) is 17.2. The number of fused-ring (bicyclic) bond motifs is 1. The number of carbonyl (C=O) groups is 2. The smallest absolute Gasteiger partial charge is 0.350 e. The quantitative estimate of drug-likeness (QED) is 0.393. The average molecular weight is 483 g/mol. The first kappa shape index (κ1) is 22.7. The van der Waals surface area contributed by atoms with Gasteiger partial charge in [-0.15, -0.1) is 0 Å². The minimum atomic E-state index is -0.588. The molecule has 0 aliphatic carbocycles. The Balaban J connectivity index is 1.49. The highest BCUT2D eigenvalue weighted by molar-refractivity contribution is 6.10. The number of aromatic nitrogens is 6. The maximum absolute atomic E-state index is 13.1. The maximum Gasteiger partial charge on any atom is 0.350 e. The van der Waals surface area contributed by atoms with E-state index in [2.05, 4.69) is 20.5 Å². The Hall–Kier alpha value is -5.06. The molecule has 0 saturated heterocycles. The number of nitrogens with one attached hydrogen (secondary N) is 1. The molecule has 5 aromatic rings. The van der Waals surface area contributed by atoms with E-state index in [1.165, 1.54) is 15.3 Å². The fraction of sp³-hybridized carbons (Fsp3) is 0.120. The lowest BCUT2D eigenvalue weighted by Gasteiger charge is -2.07. The predicted molar refractivity (Wildman–Crippen MR) is 134 cm³/mol. The molecule has 0 radical (unpaired) electrons. The van der Waals surface area contributed by atoms with Gasteiger partial charge < -0.3 is 11.1 Å². The molecule has 5 rings (SSSR count). The van der Waals surface area contributed by atoms with Crippen LogP contribution in [0.1, 0.15) is 32.4 Å². The van der Waals surface area contributed by atoms with Crippen molar-refractivity contribution >= 4 is 28.4 Å². The zero-order chi connectivity index (χ0) is 25.6. The van der Waals surface area contributed by atoms with Crippen LogP contribution >= 0.6 is 0 Å². The molecule has 0 saturated carbocycles. The van der Waals surface area contributed by atoms with E-state index in [0.29, 0.717) is 28.4 Å². The van der Waals surface area contributed by atoms with Crippen molar-refractivity contribution in [3.8, 4) is 11.4 Å². The van der Waals surface area contributed by atoms with Crippen LogP contribution in [0.15, 0.2) is 65.6 Å². The number of hydrogen-bond donors (Lipinski definition) is 2. The molecule has 0 aliphatic rings.